The second-order valence-corrected chi connectivity index (χ2v) is 6.14. The van der Waals surface area contributed by atoms with E-state index in [-0.39, 0.29) is 0 Å². The summed E-state index contributed by atoms with van der Waals surface area (Å²) in [6, 6.07) is 21.3. The predicted octanol–water partition coefficient (Wildman–Crippen LogP) is 4.30. The topological polar surface area (TPSA) is 30.7 Å². The maximum Gasteiger partial charge on any atom is 0.113 e. The highest BCUT2D eigenvalue weighted by Gasteiger charge is 2.23. The normalized spacial score (nSPS) is 12.4. The molecule has 4 aromatic rings. The van der Waals surface area contributed by atoms with Crippen molar-refractivity contribution in [3.8, 4) is 16.8 Å². The number of rotatable bonds is 1. The van der Waals surface area contributed by atoms with Gasteiger partial charge >= 0.3 is 0 Å². The maximum absolute atomic E-state index is 4.40. The van der Waals surface area contributed by atoms with Gasteiger partial charge in [0, 0.05) is 5.56 Å². The highest BCUT2D eigenvalue weighted by Crippen LogP contribution is 2.41. The van der Waals surface area contributed by atoms with Crippen molar-refractivity contribution in [2.75, 3.05) is 0 Å². The molecule has 3 heteroatoms. The first kappa shape index (κ1) is 12.6. The van der Waals surface area contributed by atoms with Gasteiger partial charge in [0.05, 0.1) is 11.2 Å². The Balaban J connectivity index is 1.82. The highest BCUT2D eigenvalue weighted by molar-refractivity contribution is 5.86. The van der Waals surface area contributed by atoms with Crippen LogP contribution in [0, 0.1) is 6.92 Å². The first-order chi connectivity index (χ1) is 11.3. The van der Waals surface area contributed by atoms with Crippen molar-refractivity contribution in [2.45, 2.75) is 13.3 Å². The number of para-hydroxylation sites is 1. The fourth-order valence-corrected chi connectivity index (χ4v) is 3.59. The summed E-state index contributed by atoms with van der Waals surface area (Å²) in [5.41, 5.74) is 9.76. The zero-order chi connectivity index (χ0) is 15.4. The molecule has 0 bridgehead atoms. The van der Waals surface area contributed by atoms with Crippen LogP contribution in [0.15, 0.2) is 60.7 Å². The molecule has 0 saturated heterocycles. The van der Waals surface area contributed by atoms with Crippen LogP contribution in [0.5, 0.6) is 0 Å². The Labute approximate surface area is 134 Å². The molecule has 1 aliphatic rings. The minimum Gasteiger partial charge on any atom is -0.212 e. The van der Waals surface area contributed by atoms with Gasteiger partial charge in [0.25, 0.3) is 0 Å². The zero-order valence-corrected chi connectivity index (χ0v) is 12.8. The number of hydrogen-bond donors (Lipinski definition) is 0. The smallest absolute Gasteiger partial charge is 0.113 e. The van der Waals surface area contributed by atoms with Gasteiger partial charge in [-0.25, -0.2) is 4.68 Å². The van der Waals surface area contributed by atoms with Crippen molar-refractivity contribution in [2.24, 2.45) is 0 Å². The van der Waals surface area contributed by atoms with Gasteiger partial charge in [-0.3, -0.25) is 0 Å². The molecular formula is C20H15N3. The molecule has 1 aliphatic carbocycles. The summed E-state index contributed by atoms with van der Waals surface area (Å²) < 4.78 is 1.96. The van der Waals surface area contributed by atoms with Crippen LogP contribution < -0.4 is 0 Å². The number of hydrogen-bond acceptors (Lipinski definition) is 2. The first-order valence-electron chi connectivity index (χ1n) is 7.84. The minimum atomic E-state index is 0.923. The van der Waals surface area contributed by atoms with E-state index in [0.29, 0.717) is 0 Å². The van der Waals surface area contributed by atoms with E-state index in [1.54, 1.807) is 0 Å². The van der Waals surface area contributed by atoms with Crippen LogP contribution in [0.2, 0.25) is 0 Å². The van der Waals surface area contributed by atoms with Crippen molar-refractivity contribution in [3.63, 3.8) is 0 Å². The SMILES string of the molecule is Cc1ccc2c(c1)Cc1cccc(-n3nnc4ccccc43)c1-2. The van der Waals surface area contributed by atoms with Crippen LogP contribution in [0.4, 0.5) is 0 Å². The van der Waals surface area contributed by atoms with Gasteiger partial charge in [-0.15, -0.1) is 5.10 Å². The van der Waals surface area contributed by atoms with Crippen LogP contribution in [-0.2, 0) is 6.42 Å². The van der Waals surface area contributed by atoms with Crippen LogP contribution in [-0.4, -0.2) is 15.0 Å². The van der Waals surface area contributed by atoms with E-state index in [0.717, 1.165) is 23.1 Å². The molecule has 0 saturated carbocycles. The fourth-order valence-electron chi connectivity index (χ4n) is 3.59. The second kappa shape index (κ2) is 4.53. The van der Waals surface area contributed by atoms with Gasteiger partial charge < -0.3 is 0 Å². The number of nitrogens with zero attached hydrogens (tertiary/aromatic N) is 3. The molecule has 1 heterocycles. The highest BCUT2D eigenvalue weighted by atomic mass is 15.4. The van der Waals surface area contributed by atoms with Crippen molar-refractivity contribution in [1.29, 1.82) is 0 Å². The third-order valence-corrected chi connectivity index (χ3v) is 4.62. The molecule has 3 nitrogen and oxygen atoms in total. The van der Waals surface area contributed by atoms with E-state index < -0.39 is 0 Å². The van der Waals surface area contributed by atoms with E-state index in [1.165, 1.54) is 27.8 Å². The van der Waals surface area contributed by atoms with Gasteiger partial charge in [-0.1, -0.05) is 53.2 Å². The Bertz CT molecular complexity index is 1060. The third kappa shape index (κ3) is 1.77. The lowest BCUT2D eigenvalue weighted by Gasteiger charge is -2.10. The lowest BCUT2D eigenvalue weighted by atomic mass is 10.0. The molecule has 5 rings (SSSR count). The van der Waals surface area contributed by atoms with Crippen molar-refractivity contribution in [3.05, 3.63) is 77.4 Å². The largest absolute Gasteiger partial charge is 0.212 e. The van der Waals surface area contributed by atoms with E-state index in [4.69, 9.17) is 0 Å². The second-order valence-electron chi connectivity index (χ2n) is 6.14. The Kier molecular flexibility index (Phi) is 2.48. The summed E-state index contributed by atoms with van der Waals surface area (Å²) in [6.07, 6.45) is 0.993. The van der Waals surface area contributed by atoms with Gasteiger partial charge in [0.1, 0.15) is 5.52 Å². The quantitative estimate of drug-likeness (QED) is 0.462. The lowest BCUT2D eigenvalue weighted by Crippen LogP contribution is -1.99. The molecule has 0 aliphatic heterocycles. The molecule has 0 atom stereocenters. The van der Waals surface area contributed by atoms with Crippen molar-refractivity contribution < 1.29 is 0 Å². The summed E-state index contributed by atoms with van der Waals surface area (Å²) in [4.78, 5) is 0. The number of aryl methyl sites for hydroxylation is 1. The molecule has 1 aromatic heterocycles. The molecule has 0 radical (unpaired) electrons. The molecule has 3 aromatic carbocycles. The number of fused-ring (bicyclic) bond motifs is 4. The predicted molar refractivity (Wildman–Crippen MR) is 91.8 cm³/mol. The fraction of sp³-hybridized carbons (Fsp3) is 0.100. The molecule has 0 fully saturated rings. The van der Waals surface area contributed by atoms with E-state index in [1.807, 2.05) is 22.9 Å². The monoisotopic (exact) mass is 297 g/mol. The van der Waals surface area contributed by atoms with Crippen LogP contribution in [0.1, 0.15) is 16.7 Å². The third-order valence-electron chi connectivity index (χ3n) is 4.62. The molecule has 0 N–H and O–H groups in total. The average molecular weight is 297 g/mol. The summed E-state index contributed by atoms with van der Waals surface area (Å²) >= 11 is 0. The Hall–Kier alpha value is -2.94. The molecule has 0 unspecified atom stereocenters. The van der Waals surface area contributed by atoms with Crippen LogP contribution >= 0.6 is 0 Å². The summed E-state index contributed by atoms with van der Waals surface area (Å²) in [5, 5.41) is 8.70. The lowest BCUT2D eigenvalue weighted by molar-refractivity contribution is 0.825. The van der Waals surface area contributed by atoms with Gasteiger partial charge in [-0.05, 0) is 48.2 Å². The Morgan fingerprint density at radius 1 is 0.913 bits per heavy atom. The summed E-state index contributed by atoms with van der Waals surface area (Å²) in [7, 11) is 0. The average Bonchev–Trinajstić information content (AvgIpc) is 3.15. The first-order valence-corrected chi connectivity index (χ1v) is 7.84. The van der Waals surface area contributed by atoms with Gasteiger partial charge in [0.15, 0.2) is 0 Å². The van der Waals surface area contributed by atoms with Gasteiger partial charge in [0.2, 0.25) is 0 Å². The van der Waals surface area contributed by atoms with Crippen molar-refractivity contribution >= 4 is 11.0 Å². The van der Waals surface area contributed by atoms with E-state index in [9.17, 15) is 0 Å². The molecule has 0 spiro atoms. The number of aromatic nitrogens is 3. The zero-order valence-electron chi connectivity index (χ0n) is 12.8. The van der Waals surface area contributed by atoms with E-state index in [2.05, 4.69) is 59.7 Å². The summed E-state index contributed by atoms with van der Waals surface area (Å²) in [6.45, 7) is 2.15. The minimum absolute atomic E-state index is 0.923. The summed E-state index contributed by atoms with van der Waals surface area (Å²) in [5.74, 6) is 0. The molecule has 23 heavy (non-hydrogen) atoms. The van der Waals surface area contributed by atoms with Crippen LogP contribution in [0.25, 0.3) is 27.8 Å². The Morgan fingerprint density at radius 2 is 1.83 bits per heavy atom. The van der Waals surface area contributed by atoms with Crippen LogP contribution in [0.3, 0.4) is 0 Å². The van der Waals surface area contributed by atoms with E-state index >= 15 is 0 Å². The molecular weight excluding hydrogens is 282 g/mol. The Morgan fingerprint density at radius 3 is 2.78 bits per heavy atom. The standard InChI is InChI=1S/C20H15N3/c1-13-9-10-16-15(11-13)12-14-5-4-8-19(20(14)16)23-18-7-3-2-6-17(18)21-22-23/h2-11H,12H2,1H3. The van der Waals surface area contributed by atoms with Crippen molar-refractivity contribution in [1.82, 2.24) is 15.0 Å². The molecule has 0 amide bonds. The number of benzene rings is 3. The molecule has 110 valence electrons. The van der Waals surface area contributed by atoms with Gasteiger partial charge in [-0.2, -0.15) is 0 Å². The maximum atomic E-state index is 4.40.